The number of fused-ring (bicyclic) bond motifs is 1. The molecule has 2 aromatic heterocycles. The summed E-state index contributed by atoms with van der Waals surface area (Å²) in [7, 11) is 0. The first-order valence-corrected chi connectivity index (χ1v) is 7.06. The highest BCUT2D eigenvalue weighted by molar-refractivity contribution is 5.92. The first kappa shape index (κ1) is 15.1. The van der Waals surface area contributed by atoms with Crippen molar-refractivity contribution in [2.24, 2.45) is 0 Å². The summed E-state index contributed by atoms with van der Waals surface area (Å²) in [5.74, 6) is -1.59. The van der Waals surface area contributed by atoms with E-state index in [-0.39, 0.29) is 17.1 Å². The van der Waals surface area contributed by atoms with Gasteiger partial charge in [-0.3, -0.25) is 9.78 Å². The number of hydrogen-bond donors (Lipinski definition) is 2. The molecule has 0 saturated heterocycles. The second kappa shape index (κ2) is 6.12. The quantitative estimate of drug-likeness (QED) is 0.777. The lowest BCUT2D eigenvalue weighted by Gasteiger charge is -2.05. The number of nitrogens with one attached hydrogen (secondary N) is 2. The third-order valence-electron chi connectivity index (χ3n) is 3.60. The average Bonchev–Trinajstić information content (AvgIpc) is 2.85. The minimum atomic E-state index is -0.627. The fourth-order valence-corrected chi connectivity index (χ4v) is 2.53. The highest BCUT2D eigenvalue weighted by atomic mass is 19.1. The molecule has 5 nitrogen and oxygen atoms in total. The standard InChI is InChI=1S/C16H14F2N4O/c1-9-11(12-6-10(17)7-13(18)15(12)22-9)2-3-21-16(23)14-8-19-4-5-20-14/h4-8,22H,2-3H2,1H3,(H,21,23). The molecule has 23 heavy (non-hydrogen) atoms. The van der Waals surface area contributed by atoms with Crippen molar-refractivity contribution in [2.45, 2.75) is 13.3 Å². The number of H-pyrrole nitrogens is 1. The van der Waals surface area contributed by atoms with Crippen LogP contribution in [0.2, 0.25) is 0 Å². The van der Waals surface area contributed by atoms with E-state index in [0.29, 0.717) is 18.4 Å². The fourth-order valence-electron chi connectivity index (χ4n) is 2.53. The van der Waals surface area contributed by atoms with Gasteiger partial charge in [0.2, 0.25) is 0 Å². The molecule has 0 radical (unpaired) electrons. The van der Waals surface area contributed by atoms with Crippen LogP contribution in [0, 0.1) is 18.6 Å². The molecule has 1 aromatic carbocycles. The van der Waals surface area contributed by atoms with Crippen LogP contribution in [0.4, 0.5) is 8.78 Å². The van der Waals surface area contributed by atoms with Crippen molar-refractivity contribution in [1.29, 1.82) is 0 Å². The van der Waals surface area contributed by atoms with Crippen molar-refractivity contribution in [3.05, 3.63) is 59.3 Å². The molecular weight excluding hydrogens is 302 g/mol. The van der Waals surface area contributed by atoms with Crippen LogP contribution in [-0.2, 0) is 6.42 Å². The number of aromatic nitrogens is 3. The van der Waals surface area contributed by atoms with Crippen molar-refractivity contribution in [2.75, 3.05) is 6.54 Å². The molecule has 3 aromatic rings. The maximum absolute atomic E-state index is 13.8. The van der Waals surface area contributed by atoms with Crippen LogP contribution in [0.15, 0.2) is 30.7 Å². The molecule has 0 aliphatic heterocycles. The van der Waals surface area contributed by atoms with E-state index in [0.717, 1.165) is 17.3 Å². The molecule has 2 heterocycles. The molecule has 3 rings (SSSR count). The zero-order valence-electron chi connectivity index (χ0n) is 12.4. The van der Waals surface area contributed by atoms with Gasteiger partial charge in [-0.15, -0.1) is 0 Å². The lowest BCUT2D eigenvalue weighted by Crippen LogP contribution is -2.26. The molecule has 0 bridgehead atoms. The van der Waals surface area contributed by atoms with Crippen LogP contribution in [0.3, 0.4) is 0 Å². The molecule has 118 valence electrons. The van der Waals surface area contributed by atoms with Gasteiger partial charge in [0.15, 0.2) is 0 Å². The van der Waals surface area contributed by atoms with Crippen molar-refractivity contribution in [3.63, 3.8) is 0 Å². The van der Waals surface area contributed by atoms with Gasteiger partial charge >= 0.3 is 0 Å². The van der Waals surface area contributed by atoms with Gasteiger partial charge in [-0.1, -0.05) is 0 Å². The number of halogens is 2. The third kappa shape index (κ3) is 3.03. The predicted molar refractivity (Wildman–Crippen MR) is 81.0 cm³/mol. The smallest absolute Gasteiger partial charge is 0.271 e. The van der Waals surface area contributed by atoms with E-state index in [9.17, 15) is 13.6 Å². The summed E-state index contributed by atoms with van der Waals surface area (Å²) in [6, 6.07) is 2.14. The van der Waals surface area contributed by atoms with Crippen molar-refractivity contribution < 1.29 is 13.6 Å². The van der Waals surface area contributed by atoms with E-state index >= 15 is 0 Å². The second-order valence-electron chi connectivity index (χ2n) is 5.14. The Kier molecular flexibility index (Phi) is 4.01. The van der Waals surface area contributed by atoms with Crippen LogP contribution >= 0.6 is 0 Å². The normalized spacial score (nSPS) is 10.9. The molecule has 0 aliphatic rings. The molecule has 1 amide bonds. The summed E-state index contributed by atoms with van der Waals surface area (Å²) in [6.07, 6.45) is 4.73. The van der Waals surface area contributed by atoms with E-state index in [4.69, 9.17) is 0 Å². The van der Waals surface area contributed by atoms with Crippen LogP contribution in [0.25, 0.3) is 10.9 Å². The molecule has 7 heteroatoms. The molecule has 0 fully saturated rings. The number of nitrogens with zero attached hydrogens (tertiary/aromatic N) is 2. The summed E-state index contributed by atoms with van der Waals surface area (Å²) in [5.41, 5.74) is 2.02. The number of aryl methyl sites for hydroxylation is 1. The second-order valence-corrected chi connectivity index (χ2v) is 5.14. The van der Waals surface area contributed by atoms with Gasteiger partial charge in [0, 0.05) is 36.1 Å². The Morgan fingerprint density at radius 2 is 2.13 bits per heavy atom. The van der Waals surface area contributed by atoms with Crippen LogP contribution in [0.5, 0.6) is 0 Å². The number of hydrogen-bond acceptors (Lipinski definition) is 3. The summed E-state index contributed by atoms with van der Waals surface area (Å²) >= 11 is 0. The number of amides is 1. The van der Waals surface area contributed by atoms with Crippen molar-refractivity contribution >= 4 is 16.8 Å². The maximum Gasteiger partial charge on any atom is 0.271 e. The third-order valence-corrected chi connectivity index (χ3v) is 3.60. The highest BCUT2D eigenvalue weighted by Crippen LogP contribution is 2.25. The minimum Gasteiger partial charge on any atom is -0.356 e. The topological polar surface area (TPSA) is 70.7 Å². The maximum atomic E-state index is 13.8. The highest BCUT2D eigenvalue weighted by Gasteiger charge is 2.14. The van der Waals surface area contributed by atoms with Crippen molar-refractivity contribution in [3.8, 4) is 0 Å². The van der Waals surface area contributed by atoms with Crippen molar-refractivity contribution in [1.82, 2.24) is 20.3 Å². The first-order valence-electron chi connectivity index (χ1n) is 7.06. The Labute approximate surface area is 130 Å². The molecule has 0 aliphatic carbocycles. The molecule has 0 unspecified atom stereocenters. The van der Waals surface area contributed by atoms with Gasteiger partial charge in [-0.05, 0) is 25.0 Å². The van der Waals surface area contributed by atoms with Gasteiger partial charge in [0.05, 0.1) is 11.7 Å². The van der Waals surface area contributed by atoms with E-state index < -0.39 is 11.6 Å². The van der Waals surface area contributed by atoms with Gasteiger partial charge in [-0.25, -0.2) is 13.8 Å². The Morgan fingerprint density at radius 1 is 1.30 bits per heavy atom. The monoisotopic (exact) mass is 316 g/mol. The minimum absolute atomic E-state index is 0.222. The Bertz CT molecular complexity index is 861. The van der Waals surface area contributed by atoms with Gasteiger partial charge in [0.25, 0.3) is 5.91 Å². The van der Waals surface area contributed by atoms with Crippen LogP contribution in [0.1, 0.15) is 21.7 Å². The molecular formula is C16H14F2N4O. The number of benzene rings is 1. The summed E-state index contributed by atoms with van der Waals surface area (Å²) in [6.45, 7) is 2.11. The first-order chi connectivity index (χ1) is 11.1. The Balaban J connectivity index is 1.75. The molecule has 0 saturated carbocycles. The van der Waals surface area contributed by atoms with Gasteiger partial charge < -0.3 is 10.3 Å². The summed E-state index contributed by atoms with van der Waals surface area (Å²) in [5, 5.41) is 3.21. The number of carbonyl (C=O) groups is 1. The predicted octanol–water partition coefficient (Wildman–Crippen LogP) is 2.52. The zero-order valence-corrected chi connectivity index (χ0v) is 12.4. The average molecular weight is 316 g/mol. The largest absolute Gasteiger partial charge is 0.356 e. The van der Waals surface area contributed by atoms with Gasteiger partial charge in [0.1, 0.15) is 17.3 Å². The van der Waals surface area contributed by atoms with Gasteiger partial charge in [-0.2, -0.15) is 0 Å². The molecule has 0 atom stereocenters. The lowest BCUT2D eigenvalue weighted by molar-refractivity contribution is 0.0948. The fraction of sp³-hybridized carbons (Fsp3) is 0.188. The van der Waals surface area contributed by atoms with E-state index in [1.54, 1.807) is 6.92 Å². The number of rotatable bonds is 4. The number of carbonyl (C=O) groups excluding carboxylic acids is 1. The molecule has 0 spiro atoms. The number of aromatic amines is 1. The zero-order chi connectivity index (χ0) is 16.4. The molecule has 2 N–H and O–H groups in total. The van der Waals surface area contributed by atoms with E-state index in [1.807, 2.05) is 0 Å². The Hall–Kier alpha value is -2.83. The van der Waals surface area contributed by atoms with E-state index in [2.05, 4.69) is 20.3 Å². The van der Waals surface area contributed by atoms with Crippen LogP contribution in [-0.4, -0.2) is 27.4 Å². The van der Waals surface area contributed by atoms with Crippen LogP contribution < -0.4 is 5.32 Å². The SMILES string of the molecule is Cc1[nH]c2c(F)cc(F)cc2c1CCNC(=O)c1cnccn1. The Morgan fingerprint density at radius 3 is 2.87 bits per heavy atom. The lowest BCUT2D eigenvalue weighted by atomic mass is 10.1. The van der Waals surface area contributed by atoms with E-state index in [1.165, 1.54) is 24.7 Å². The summed E-state index contributed by atoms with van der Waals surface area (Å²) < 4.78 is 27.2. The summed E-state index contributed by atoms with van der Waals surface area (Å²) in [4.78, 5) is 22.5.